The van der Waals surface area contributed by atoms with Crippen molar-refractivity contribution in [2.75, 3.05) is 18.1 Å². The molecule has 0 spiro atoms. The molecule has 0 radical (unpaired) electrons. The van der Waals surface area contributed by atoms with Crippen LogP contribution in [0.5, 0.6) is 0 Å². The number of hydrogen-bond acceptors (Lipinski definition) is 3. The van der Waals surface area contributed by atoms with E-state index in [-0.39, 0.29) is 19.3 Å². The standard InChI is InChI=1S/C14H20ClNO2/c15-13-7-4-5-11(9-17)14(13)16-8-3-1-2-6-12(16)10-18/h4-5,7,12,17-18H,1-3,6,8-10H2. The predicted octanol–water partition coefficient (Wildman–Crippen LogP) is 2.57. The minimum Gasteiger partial charge on any atom is -0.394 e. The molecular formula is C14H20ClNO2. The molecule has 0 aromatic heterocycles. The lowest BCUT2D eigenvalue weighted by molar-refractivity contribution is 0.253. The molecule has 100 valence electrons. The maximum absolute atomic E-state index is 9.55. The Hall–Kier alpha value is -0.770. The van der Waals surface area contributed by atoms with Crippen molar-refractivity contribution < 1.29 is 10.2 Å². The van der Waals surface area contributed by atoms with Crippen LogP contribution in [-0.4, -0.2) is 29.4 Å². The quantitative estimate of drug-likeness (QED) is 0.886. The van der Waals surface area contributed by atoms with E-state index in [4.69, 9.17) is 11.6 Å². The van der Waals surface area contributed by atoms with E-state index < -0.39 is 0 Å². The third-order valence-electron chi connectivity index (χ3n) is 3.62. The Bertz CT molecular complexity index is 397. The van der Waals surface area contributed by atoms with Gasteiger partial charge in [-0.3, -0.25) is 0 Å². The second-order valence-electron chi connectivity index (χ2n) is 4.78. The zero-order valence-electron chi connectivity index (χ0n) is 10.5. The molecule has 1 aliphatic rings. The van der Waals surface area contributed by atoms with Gasteiger partial charge in [-0.1, -0.05) is 36.6 Å². The molecule has 18 heavy (non-hydrogen) atoms. The van der Waals surface area contributed by atoms with Crippen LogP contribution in [0.4, 0.5) is 5.69 Å². The fourth-order valence-electron chi connectivity index (χ4n) is 2.67. The van der Waals surface area contributed by atoms with Gasteiger partial charge in [0.15, 0.2) is 0 Å². The monoisotopic (exact) mass is 269 g/mol. The fourth-order valence-corrected chi connectivity index (χ4v) is 2.97. The smallest absolute Gasteiger partial charge is 0.0702 e. The molecule has 1 aromatic rings. The molecule has 1 heterocycles. The van der Waals surface area contributed by atoms with Crippen molar-refractivity contribution in [3.05, 3.63) is 28.8 Å². The van der Waals surface area contributed by atoms with Crippen molar-refractivity contribution in [1.29, 1.82) is 0 Å². The van der Waals surface area contributed by atoms with Crippen LogP contribution in [-0.2, 0) is 6.61 Å². The number of para-hydroxylation sites is 1. The second kappa shape index (κ2) is 6.41. The maximum Gasteiger partial charge on any atom is 0.0702 e. The highest BCUT2D eigenvalue weighted by Crippen LogP contribution is 2.33. The number of nitrogens with zero attached hydrogens (tertiary/aromatic N) is 1. The lowest BCUT2D eigenvalue weighted by Crippen LogP contribution is -2.38. The minimum absolute atomic E-state index is 0.0233. The number of aliphatic hydroxyl groups excluding tert-OH is 2. The van der Waals surface area contributed by atoms with Crippen LogP contribution in [0.25, 0.3) is 0 Å². The van der Waals surface area contributed by atoms with Crippen molar-refractivity contribution in [3.63, 3.8) is 0 Å². The Morgan fingerprint density at radius 3 is 2.78 bits per heavy atom. The number of anilines is 1. The molecule has 0 amide bonds. The van der Waals surface area contributed by atoms with Gasteiger partial charge in [0.1, 0.15) is 0 Å². The van der Waals surface area contributed by atoms with Gasteiger partial charge in [-0.15, -0.1) is 0 Å². The van der Waals surface area contributed by atoms with Gasteiger partial charge >= 0.3 is 0 Å². The summed E-state index contributed by atoms with van der Waals surface area (Å²) in [6.07, 6.45) is 4.41. The van der Waals surface area contributed by atoms with Crippen molar-refractivity contribution in [2.45, 2.75) is 38.3 Å². The van der Waals surface area contributed by atoms with Crippen molar-refractivity contribution >= 4 is 17.3 Å². The zero-order valence-corrected chi connectivity index (χ0v) is 11.2. The molecule has 0 aliphatic carbocycles. The van der Waals surface area contributed by atoms with Crippen LogP contribution in [0.2, 0.25) is 5.02 Å². The number of rotatable bonds is 3. The van der Waals surface area contributed by atoms with E-state index in [1.807, 2.05) is 18.2 Å². The van der Waals surface area contributed by atoms with Crippen LogP contribution >= 0.6 is 11.6 Å². The third kappa shape index (κ3) is 2.79. The summed E-state index contributed by atoms with van der Waals surface area (Å²) in [6.45, 7) is 1.00. The van der Waals surface area contributed by atoms with E-state index in [0.717, 1.165) is 37.1 Å². The van der Waals surface area contributed by atoms with Gasteiger partial charge in [-0.25, -0.2) is 0 Å². The highest BCUT2D eigenvalue weighted by molar-refractivity contribution is 6.33. The summed E-state index contributed by atoms with van der Waals surface area (Å²) < 4.78 is 0. The molecule has 4 heteroatoms. The maximum atomic E-state index is 9.55. The lowest BCUT2D eigenvalue weighted by atomic mass is 10.1. The lowest BCUT2D eigenvalue weighted by Gasteiger charge is -2.33. The topological polar surface area (TPSA) is 43.7 Å². The van der Waals surface area contributed by atoms with E-state index >= 15 is 0 Å². The van der Waals surface area contributed by atoms with Gasteiger partial charge < -0.3 is 15.1 Å². The Labute approximate surface area is 113 Å². The molecule has 1 aliphatic heterocycles. The minimum atomic E-state index is -0.0233. The number of hydrogen-bond donors (Lipinski definition) is 2. The van der Waals surface area contributed by atoms with Gasteiger partial charge in [-0.05, 0) is 18.9 Å². The number of benzene rings is 1. The molecule has 1 fully saturated rings. The fraction of sp³-hybridized carbons (Fsp3) is 0.571. The molecular weight excluding hydrogens is 250 g/mol. The molecule has 2 rings (SSSR count). The predicted molar refractivity (Wildman–Crippen MR) is 74.1 cm³/mol. The number of aliphatic hydroxyl groups is 2. The molecule has 2 N–H and O–H groups in total. The first-order chi connectivity index (χ1) is 8.77. The normalized spacial score (nSPS) is 20.8. The average Bonchev–Trinajstić information content (AvgIpc) is 2.63. The SMILES string of the molecule is OCc1cccc(Cl)c1N1CCCCCC1CO. The van der Waals surface area contributed by atoms with E-state index in [1.54, 1.807) is 0 Å². The third-order valence-corrected chi connectivity index (χ3v) is 3.92. The Morgan fingerprint density at radius 1 is 1.22 bits per heavy atom. The van der Waals surface area contributed by atoms with Crippen LogP contribution in [0.3, 0.4) is 0 Å². The van der Waals surface area contributed by atoms with Crippen LogP contribution in [0.15, 0.2) is 18.2 Å². The van der Waals surface area contributed by atoms with Gasteiger partial charge in [-0.2, -0.15) is 0 Å². The van der Waals surface area contributed by atoms with Crippen LogP contribution in [0.1, 0.15) is 31.2 Å². The molecule has 3 nitrogen and oxygen atoms in total. The van der Waals surface area contributed by atoms with Crippen LogP contribution in [0, 0.1) is 0 Å². The first kappa shape index (κ1) is 13.7. The molecule has 1 aromatic carbocycles. The second-order valence-corrected chi connectivity index (χ2v) is 5.19. The van der Waals surface area contributed by atoms with Gasteiger partial charge in [0, 0.05) is 12.1 Å². The van der Waals surface area contributed by atoms with Crippen molar-refractivity contribution in [3.8, 4) is 0 Å². The summed E-state index contributed by atoms with van der Waals surface area (Å²) in [7, 11) is 0. The molecule has 1 atom stereocenters. The molecule has 0 bridgehead atoms. The van der Waals surface area contributed by atoms with Crippen LogP contribution < -0.4 is 4.90 Å². The summed E-state index contributed by atoms with van der Waals surface area (Å²) >= 11 is 6.28. The van der Waals surface area contributed by atoms with Crippen molar-refractivity contribution in [1.82, 2.24) is 0 Å². The zero-order chi connectivity index (χ0) is 13.0. The van der Waals surface area contributed by atoms with E-state index in [1.165, 1.54) is 6.42 Å². The number of halogens is 1. The first-order valence-electron chi connectivity index (χ1n) is 6.53. The highest BCUT2D eigenvalue weighted by atomic mass is 35.5. The van der Waals surface area contributed by atoms with Gasteiger partial charge in [0.25, 0.3) is 0 Å². The average molecular weight is 270 g/mol. The van der Waals surface area contributed by atoms with Crippen molar-refractivity contribution in [2.24, 2.45) is 0 Å². The summed E-state index contributed by atoms with van der Waals surface area (Å²) in [6, 6.07) is 5.69. The van der Waals surface area contributed by atoms with E-state index in [2.05, 4.69) is 4.90 Å². The van der Waals surface area contributed by atoms with Gasteiger partial charge in [0.05, 0.1) is 30.0 Å². The van der Waals surface area contributed by atoms with E-state index in [9.17, 15) is 10.2 Å². The van der Waals surface area contributed by atoms with E-state index in [0.29, 0.717) is 5.02 Å². The molecule has 1 unspecified atom stereocenters. The Morgan fingerprint density at radius 2 is 2.06 bits per heavy atom. The summed E-state index contributed by atoms with van der Waals surface area (Å²) in [5, 5.41) is 19.7. The highest BCUT2D eigenvalue weighted by Gasteiger charge is 2.24. The molecule has 0 saturated carbocycles. The summed E-state index contributed by atoms with van der Waals surface area (Å²) in [4.78, 5) is 2.17. The van der Waals surface area contributed by atoms with Gasteiger partial charge in [0.2, 0.25) is 0 Å². The summed E-state index contributed by atoms with van der Waals surface area (Å²) in [5.41, 5.74) is 1.73. The molecule has 1 saturated heterocycles. The summed E-state index contributed by atoms with van der Waals surface area (Å²) in [5.74, 6) is 0. The Kier molecular flexibility index (Phi) is 4.87. The first-order valence-corrected chi connectivity index (χ1v) is 6.91. The largest absolute Gasteiger partial charge is 0.394 e. The Balaban J connectivity index is 2.37.